The van der Waals surface area contributed by atoms with Gasteiger partial charge in [0, 0.05) is 10.9 Å². The lowest BCUT2D eigenvalue weighted by atomic mass is 10.1. The zero-order valence-corrected chi connectivity index (χ0v) is 10.8. The highest BCUT2D eigenvalue weighted by Crippen LogP contribution is 2.36. The van der Waals surface area contributed by atoms with Crippen molar-refractivity contribution in [3.8, 4) is 22.1 Å². The van der Waals surface area contributed by atoms with Crippen LogP contribution in [-0.2, 0) is 0 Å². The maximum absolute atomic E-state index is 5.64. The number of hydrogen-bond donors (Lipinski definition) is 1. The number of methoxy groups -OCH3 is 2. The highest BCUT2D eigenvalue weighted by molar-refractivity contribution is 7.13. The lowest BCUT2D eigenvalue weighted by Gasteiger charge is -2.11. The molecule has 2 rings (SSSR count). The Morgan fingerprint density at radius 2 is 1.82 bits per heavy atom. The van der Waals surface area contributed by atoms with Crippen LogP contribution in [-0.4, -0.2) is 19.2 Å². The molecule has 0 spiro atoms. The number of aryl methyl sites for hydroxylation is 1. The lowest BCUT2D eigenvalue weighted by molar-refractivity contribution is 0.355. The number of nitrogen functional groups attached to an aromatic ring is 1. The van der Waals surface area contributed by atoms with Crippen molar-refractivity contribution in [1.29, 1.82) is 0 Å². The number of benzene rings is 1. The third-order valence-electron chi connectivity index (χ3n) is 2.48. The number of nitrogens with zero attached hydrogens (tertiary/aromatic N) is 1. The van der Waals surface area contributed by atoms with E-state index in [1.165, 1.54) is 11.3 Å². The monoisotopic (exact) mass is 250 g/mol. The van der Waals surface area contributed by atoms with Gasteiger partial charge in [0.2, 0.25) is 0 Å². The zero-order chi connectivity index (χ0) is 12.4. The second kappa shape index (κ2) is 4.63. The van der Waals surface area contributed by atoms with Crippen molar-refractivity contribution in [2.75, 3.05) is 20.0 Å². The van der Waals surface area contributed by atoms with Gasteiger partial charge >= 0.3 is 0 Å². The van der Waals surface area contributed by atoms with Crippen LogP contribution >= 0.6 is 11.3 Å². The van der Waals surface area contributed by atoms with Gasteiger partial charge in [-0.2, -0.15) is 0 Å². The number of rotatable bonds is 3. The molecule has 1 aromatic heterocycles. The molecular weight excluding hydrogens is 236 g/mol. The summed E-state index contributed by atoms with van der Waals surface area (Å²) in [4.78, 5) is 4.27. The van der Waals surface area contributed by atoms with E-state index in [1.54, 1.807) is 14.2 Å². The van der Waals surface area contributed by atoms with Crippen molar-refractivity contribution in [2.45, 2.75) is 6.92 Å². The summed E-state index contributed by atoms with van der Waals surface area (Å²) in [6.45, 7) is 2.01. The van der Waals surface area contributed by atoms with Crippen LogP contribution in [0.5, 0.6) is 11.5 Å². The normalized spacial score (nSPS) is 10.3. The van der Waals surface area contributed by atoms with Crippen LogP contribution in [0.3, 0.4) is 0 Å². The van der Waals surface area contributed by atoms with Gasteiger partial charge < -0.3 is 15.2 Å². The van der Waals surface area contributed by atoms with Gasteiger partial charge in [-0.25, -0.2) is 4.98 Å². The van der Waals surface area contributed by atoms with E-state index < -0.39 is 0 Å². The predicted molar refractivity (Wildman–Crippen MR) is 69.8 cm³/mol. The summed E-state index contributed by atoms with van der Waals surface area (Å²) in [5.74, 6) is 1.96. The average Bonchev–Trinajstić information content (AvgIpc) is 2.75. The van der Waals surface area contributed by atoms with E-state index in [1.807, 2.05) is 24.4 Å². The van der Waals surface area contributed by atoms with E-state index in [0.29, 0.717) is 11.6 Å². The third-order valence-corrected chi connectivity index (χ3v) is 3.38. The molecule has 90 valence electrons. The van der Waals surface area contributed by atoms with Crippen LogP contribution in [0.25, 0.3) is 10.6 Å². The van der Waals surface area contributed by atoms with Gasteiger partial charge in [-0.15, -0.1) is 11.3 Å². The van der Waals surface area contributed by atoms with Crippen molar-refractivity contribution in [3.05, 3.63) is 23.1 Å². The summed E-state index contributed by atoms with van der Waals surface area (Å²) in [5.41, 5.74) is 7.73. The topological polar surface area (TPSA) is 57.4 Å². The Morgan fingerprint density at radius 1 is 1.18 bits per heavy atom. The molecule has 2 N–H and O–H groups in total. The Hall–Kier alpha value is -1.75. The van der Waals surface area contributed by atoms with E-state index in [0.717, 1.165) is 21.9 Å². The Balaban J connectivity index is 2.55. The zero-order valence-electron chi connectivity index (χ0n) is 9.98. The Kier molecular flexibility index (Phi) is 3.19. The van der Waals surface area contributed by atoms with Gasteiger partial charge in [0.05, 0.1) is 14.2 Å². The first-order valence-electron chi connectivity index (χ1n) is 5.09. The predicted octanol–water partition coefficient (Wildman–Crippen LogP) is 2.72. The Morgan fingerprint density at radius 3 is 2.35 bits per heavy atom. The minimum Gasteiger partial charge on any atom is -0.493 e. The molecule has 0 fully saturated rings. The molecule has 0 aliphatic carbocycles. The molecule has 0 atom stereocenters. The van der Waals surface area contributed by atoms with Crippen LogP contribution < -0.4 is 15.2 Å². The first-order chi connectivity index (χ1) is 8.15. The molecule has 1 heterocycles. The fourth-order valence-corrected chi connectivity index (χ4v) is 2.41. The molecule has 0 saturated heterocycles. The average molecular weight is 250 g/mol. The third kappa shape index (κ3) is 2.19. The first kappa shape index (κ1) is 11.7. The Labute approximate surface area is 104 Å². The number of ether oxygens (including phenoxy) is 2. The molecule has 0 unspecified atom stereocenters. The summed E-state index contributed by atoms with van der Waals surface area (Å²) in [6.07, 6.45) is 0. The molecule has 0 radical (unpaired) electrons. The second-order valence-corrected chi connectivity index (χ2v) is 4.46. The van der Waals surface area contributed by atoms with Gasteiger partial charge in [-0.1, -0.05) is 0 Å². The molecule has 1 aromatic carbocycles. The molecule has 4 nitrogen and oxygen atoms in total. The number of aromatic nitrogens is 1. The van der Waals surface area contributed by atoms with Gasteiger partial charge in [0.25, 0.3) is 0 Å². The van der Waals surface area contributed by atoms with Crippen LogP contribution in [0.1, 0.15) is 5.56 Å². The van der Waals surface area contributed by atoms with E-state index in [2.05, 4.69) is 4.98 Å². The molecule has 0 aliphatic heterocycles. The largest absolute Gasteiger partial charge is 0.493 e. The maximum Gasteiger partial charge on any atom is 0.161 e. The van der Waals surface area contributed by atoms with E-state index in [-0.39, 0.29) is 0 Å². The van der Waals surface area contributed by atoms with Crippen LogP contribution in [0, 0.1) is 6.92 Å². The molecule has 2 aromatic rings. The van der Waals surface area contributed by atoms with Crippen molar-refractivity contribution in [1.82, 2.24) is 4.98 Å². The SMILES string of the molecule is COc1cc(C)c(-c2nc(N)cs2)cc1OC. The fourth-order valence-electron chi connectivity index (χ4n) is 1.62. The number of nitrogens with two attached hydrogens (primary N) is 1. The fraction of sp³-hybridized carbons (Fsp3) is 0.250. The summed E-state index contributed by atoms with van der Waals surface area (Å²) in [6, 6.07) is 3.86. The molecular formula is C12H14N2O2S. The number of thiazole rings is 1. The molecule has 5 heteroatoms. The second-order valence-electron chi connectivity index (χ2n) is 3.60. The smallest absolute Gasteiger partial charge is 0.161 e. The number of hydrogen-bond acceptors (Lipinski definition) is 5. The summed E-state index contributed by atoms with van der Waals surface area (Å²) < 4.78 is 10.5. The lowest BCUT2D eigenvalue weighted by Crippen LogP contribution is -1.93. The summed E-state index contributed by atoms with van der Waals surface area (Å²) >= 11 is 1.52. The van der Waals surface area contributed by atoms with Gasteiger partial charge in [0.1, 0.15) is 10.8 Å². The van der Waals surface area contributed by atoms with Crippen LogP contribution in [0.2, 0.25) is 0 Å². The molecule has 17 heavy (non-hydrogen) atoms. The van der Waals surface area contributed by atoms with Gasteiger partial charge in [-0.05, 0) is 24.6 Å². The highest BCUT2D eigenvalue weighted by Gasteiger charge is 2.12. The van der Waals surface area contributed by atoms with Crippen LogP contribution in [0.4, 0.5) is 5.82 Å². The summed E-state index contributed by atoms with van der Waals surface area (Å²) in [7, 11) is 3.24. The minimum absolute atomic E-state index is 0.541. The molecule has 0 amide bonds. The standard InChI is InChI=1S/C12H14N2O2S/c1-7-4-9(15-2)10(16-3)5-8(7)12-14-11(13)6-17-12/h4-6H,13H2,1-3H3. The van der Waals surface area contributed by atoms with Crippen molar-refractivity contribution in [3.63, 3.8) is 0 Å². The van der Waals surface area contributed by atoms with E-state index in [4.69, 9.17) is 15.2 Å². The van der Waals surface area contributed by atoms with Crippen molar-refractivity contribution < 1.29 is 9.47 Å². The quantitative estimate of drug-likeness (QED) is 0.910. The molecule has 0 bridgehead atoms. The Bertz CT molecular complexity index is 537. The number of anilines is 1. The molecule has 0 saturated carbocycles. The van der Waals surface area contributed by atoms with Gasteiger partial charge in [0.15, 0.2) is 11.5 Å². The highest BCUT2D eigenvalue weighted by atomic mass is 32.1. The van der Waals surface area contributed by atoms with Gasteiger partial charge in [-0.3, -0.25) is 0 Å². The maximum atomic E-state index is 5.64. The van der Waals surface area contributed by atoms with E-state index >= 15 is 0 Å². The van der Waals surface area contributed by atoms with Crippen LogP contribution in [0.15, 0.2) is 17.5 Å². The first-order valence-corrected chi connectivity index (χ1v) is 5.97. The molecule has 0 aliphatic rings. The summed E-state index contributed by atoms with van der Waals surface area (Å²) in [5, 5.41) is 2.71. The van der Waals surface area contributed by atoms with Crippen molar-refractivity contribution in [2.24, 2.45) is 0 Å². The van der Waals surface area contributed by atoms with Crippen molar-refractivity contribution >= 4 is 17.2 Å². The minimum atomic E-state index is 0.541. The van der Waals surface area contributed by atoms with E-state index in [9.17, 15) is 0 Å².